The molecule has 16 heavy (non-hydrogen) atoms. The lowest BCUT2D eigenvalue weighted by Gasteiger charge is -2.26. The van der Waals surface area contributed by atoms with Crippen LogP contribution >= 0.6 is 12.4 Å². The van der Waals surface area contributed by atoms with Crippen molar-refractivity contribution in [2.24, 2.45) is 11.7 Å². The Hall–Kier alpha value is -0.280. The topological polar surface area (TPSA) is 55.1 Å². The fraction of sp³-hybridized carbons (Fsp3) is 0.917. The van der Waals surface area contributed by atoms with E-state index in [-0.39, 0.29) is 23.9 Å². The minimum absolute atomic E-state index is 0. The average molecular weight is 251 g/mol. The number of carbonyl (C=O) groups is 1. The van der Waals surface area contributed by atoms with E-state index in [0.29, 0.717) is 18.9 Å². The van der Waals surface area contributed by atoms with Gasteiger partial charge in [-0.05, 0) is 25.2 Å². The Morgan fingerprint density at radius 2 is 1.81 bits per heavy atom. The van der Waals surface area contributed by atoms with Crippen LogP contribution in [0.15, 0.2) is 0 Å². The van der Waals surface area contributed by atoms with Crippen LogP contribution in [0.3, 0.4) is 0 Å². The highest BCUT2D eigenvalue weighted by atomic mass is 35.5. The molecular weight excluding hydrogens is 224 g/mol. The Labute approximate surface area is 106 Å². The lowest BCUT2D eigenvalue weighted by atomic mass is 9.94. The van der Waals surface area contributed by atoms with Crippen molar-refractivity contribution in [1.29, 1.82) is 0 Å². The third-order valence-corrected chi connectivity index (χ3v) is 2.99. The zero-order valence-corrected chi connectivity index (χ0v) is 11.8. The fourth-order valence-electron chi connectivity index (χ4n) is 1.28. The smallest absolute Gasteiger partial charge is 0.220 e. The molecule has 0 unspecified atom stereocenters. The molecule has 0 fully saturated rings. The number of hydrogen-bond acceptors (Lipinski definition) is 2. The first-order chi connectivity index (χ1) is 6.93. The number of halogens is 1. The van der Waals surface area contributed by atoms with Crippen LogP contribution in [0.5, 0.6) is 0 Å². The summed E-state index contributed by atoms with van der Waals surface area (Å²) in [6.45, 7) is 8.96. The molecule has 0 aromatic carbocycles. The second kappa shape index (κ2) is 8.82. The van der Waals surface area contributed by atoms with Crippen LogP contribution in [0.1, 0.15) is 53.4 Å². The summed E-state index contributed by atoms with van der Waals surface area (Å²) in [6.07, 6.45) is 3.35. The van der Waals surface area contributed by atoms with E-state index >= 15 is 0 Å². The van der Waals surface area contributed by atoms with E-state index in [4.69, 9.17) is 5.73 Å². The first kappa shape index (κ1) is 18.1. The first-order valence-electron chi connectivity index (χ1n) is 5.99. The van der Waals surface area contributed by atoms with E-state index in [1.54, 1.807) is 0 Å². The number of nitrogens with one attached hydrogen (secondary N) is 1. The SMILES string of the molecule is CCC(N)(CC)CNC(=O)CCC(C)C.Cl. The molecule has 0 aliphatic rings. The number of rotatable bonds is 7. The van der Waals surface area contributed by atoms with E-state index in [0.717, 1.165) is 19.3 Å². The van der Waals surface area contributed by atoms with Gasteiger partial charge in [-0.25, -0.2) is 0 Å². The largest absolute Gasteiger partial charge is 0.354 e. The van der Waals surface area contributed by atoms with E-state index in [9.17, 15) is 4.79 Å². The Kier molecular flexibility index (Phi) is 9.98. The van der Waals surface area contributed by atoms with E-state index in [2.05, 4.69) is 33.0 Å². The van der Waals surface area contributed by atoms with Crippen molar-refractivity contribution in [3.63, 3.8) is 0 Å². The van der Waals surface area contributed by atoms with Crippen molar-refractivity contribution in [3.05, 3.63) is 0 Å². The fourth-order valence-corrected chi connectivity index (χ4v) is 1.28. The Bertz CT molecular complexity index is 191. The molecule has 0 spiro atoms. The predicted octanol–water partition coefficient (Wildman–Crippen LogP) is 2.48. The van der Waals surface area contributed by atoms with Gasteiger partial charge in [0.05, 0.1) is 0 Å². The molecule has 0 aliphatic carbocycles. The molecule has 3 N–H and O–H groups in total. The van der Waals surface area contributed by atoms with Crippen LogP contribution < -0.4 is 11.1 Å². The van der Waals surface area contributed by atoms with Gasteiger partial charge in [0.2, 0.25) is 5.91 Å². The lowest BCUT2D eigenvalue weighted by Crippen LogP contribution is -2.49. The number of nitrogens with two attached hydrogens (primary N) is 1. The van der Waals surface area contributed by atoms with Crippen molar-refractivity contribution < 1.29 is 4.79 Å². The molecule has 0 aromatic rings. The van der Waals surface area contributed by atoms with Gasteiger partial charge >= 0.3 is 0 Å². The zero-order valence-electron chi connectivity index (χ0n) is 11.0. The van der Waals surface area contributed by atoms with Crippen molar-refractivity contribution in [3.8, 4) is 0 Å². The molecule has 0 bridgehead atoms. The monoisotopic (exact) mass is 250 g/mol. The molecule has 0 saturated heterocycles. The minimum Gasteiger partial charge on any atom is -0.354 e. The summed E-state index contributed by atoms with van der Waals surface area (Å²) >= 11 is 0. The van der Waals surface area contributed by atoms with Gasteiger partial charge < -0.3 is 11.1 Å². The van der Waals surface area contributed by atoms with Gasteiger partial charge in [0.1, 0.15) is 0 Å². The molecule has 0 rings (SSSR count). The van der Waals surface area contributed by atoms with Crippen molar-refractivity contribution in [1.82, 2.24) is 5.32 Å². The van der Waals surface area contributed by atoms with Crippen LogP contribution in [-0.2, 0) is 4.79 Å². The van der Waals surface area contributed by atoms with Gasteiger partial charge in [-0.1, -0.05) is 27.7 Å². The molecule has 0 radical (unpaired) electrons. The molecule has 0 saturated carbocycles. The number of amides is 1. The quantitative estimate of drug-likeness (QED) is 0.730. The molecule has 98 valence electrons. The Morgan fingerprint density at radius 3 is 2.19 bits per heavy atom. The summed E-state index contributed by atoms with van der Waals surface area (Å²) < 4.78 is 0. The van der Waals surface area contributed by atoms with E-state index in [1.807, 2.05) is 0 Å². The summed E-state index contributed by atoms with van der Waals surface area (Å²) in [5.41, 5.74) is 5.86. The summed E-state index contributed by atoms with van der Waals surface area (Å²) in [4.78, 5) is 11.5. The van der Waals surface area contributed by atoms with Gasteiger partial charge in [0.15, 0.2) is 0 Å². The van der Waals surface area contributed by atoms with E-state index < -0.39 is 0 Å². The van der Waals surface area contributed by atoms with Gasteiger partial charge in [-0.15, -0.1) is 12.4 Å². The second-order valence-corrected chi connectivity index (χ2v) is 4.78. The first-order valence-corrected chi connectivity index (χ1v) is 5.99. The minimum atomic E-state index is -0.229. The molecule has 1 amide bonds. The maximum Gasteiger partial charge on any atom is 0.220 e. The highest BCUT2D eigenvalue weighted by molar-refractivity contribution is 5.85. The van der Waals surface area contributed by atoms with Crippen molar-refractivity contribution >= 4 is 18.3 Å². The lowest BCUT2D eigenvalue weighted by molar-refractivity contribution is -0.121. The summed E-state index contributed by atoms with van der Waals surface area (Å²) in [7, 11) is 0. The molecule has 0 aromatic heterocycles. The third-order valence-electron chi connectivity index (χ3n) is 2.99. The summed E-state index contributed by atoms with van der Waals surface area (Å²) in [6, 6.07) is 0. The van der Waals surface area contributed by atoms with Gasteiger partial charge in [0, 0.05) is 18.5 Å². The Morgan fingerprint density at radius 1 is 1.31 bits per heavy atom. The van der Waals surface area contributed by atoms with E-state index in [1.165, 1.54) is 0 Å². The Balaban J connectivity index is 0. The number of hydrogen-bond donors (Lipinski definition) is 2. The molecular formula is C12H27ClN2O. The number of carbonyl (C=O) groups excluding carboxylic acids is 1. The van der Waals surface area contributed by atoms with Crippen LogP contribution in [0.25, 0.3) is 0 Å². The van der Waals surface area contributed by atoms with Gasteiger partial charge in [-0.3, -0.25) is 4.79 Å². The highest BCUT2D eigenvalue weighted by Crippen LogP contribution is 2.09. The second-order valence-electron chi connectivity index (χ2n) is 4.78. The van der Waals surface area contributed by atoms with Crippen LogP contribution in [0.2, 0.25) is 0 Å². The molecule has 0 aliphatic heterocycles. The standard InChI is InChI=1S/C12H26N2O.ClH/c1-5-12(13,6-2)9-14-11(15)8-7-10(3)4;/h10H,5-9,13H2,1-4H3,(H,14,15);1H. The average Bonchev–Trinajstić information content (AvgIpc) is 2.23. The summed E-state index contributed by atoms with van der Waals surface area (Å²) in [5, 5.41) is 2.92. The molecule has 3 nitrogen and oxygen atoms in total. The van der Waals surface area contributed by atoms with Gasteiger partial charge in [-0.2, -0.15) is 0 Å². The molecule has 0 atom stereocenters. The van der Waals surface area contributed by atoms with Crippen LogP contribution in [0.4, 0.5) is 0 Å². The van der Waals surface area contributed by atoms with Crippen molar-refractivity contribution in [2.75, 3.05) is 6.54 Å². The normalized spacial score (nSPS) is 11.1. The predicted molar refractivity (Wildman–Crippen MR) is 71.8 cm³/mol. The van der Waals surface area contributed by atoms with Crippen molar-refractivity contribution in [2.45, 2.75) is 58.9 Å². The highest BCUT2D eigenvalue weighted by Gasteiger charge is 2.20. The third kappa shape index (κ3) is 7.94. The van der Waals surface area contributed by atoms with Crippen LogP contribution in [-0.4, -0.2) is 18.0 Å². The zero-order chi connectivity index (χ0) is 11.9. The maximum absolute atomic E-state index is 11.5. The maximum atomic E-state index is 11.5. The van der Waals surface area contributed by atoms with Gasteiger partial charge in [0.25, 0.3) is 0 Å². The van der Waals surface area contributed by atoms with Crippen LogP contribution in [0, 0.1) is 5.92 Å². The summed E-state index contributed by atoms with van der Waals surface area (Å²) in [5.74, 6) is 0.705. The molecule has 4 heteroatoms. The molecule has 0 heterocycles.